The SMILES string of the molecule is CCc1nncn1CCNC(=NCCCOC)NC1CCC(C)CC1. The number of guanidine groups is 1. The number of nitrogens with zero attached hydrogens (tertiary/aromatic N) is 4. The number of hydrogen-bond acceptors (Lipinski definition) is 4. The molecule has 0 amide bonds. The zero-order valence-electron chi connectivity index (χ0n) is 16.0. The highest BCUT2D eigenvalue weighted by Crippen LogP contribution is 2.23. The average Bonchev–Trinajstić information content (AvgIpc) is 3.08. The highest BCUT2D eigenvalue weighted by molar-refractivity contribution is 5.80. The van der Waals surface area contributed by atoms with Crippen LogP contribution in [0.1, 0.15) is 51.8 Å². The van der Waals surface area contributed by atoms with Gasteiger partial charge in [-0.2, -0.15) is 0 Å². The third kappa shape index (κ3) is 7.02. The largest absolute Gasteiger partial charge is 0.385 e. The minimum Gasteiger partial charge on any atom is -0.385 e. The van der Waals surface area contributed by atoms with E-state index in [1.807, 2.05) is 0 Å². The van der Waals surface area contributed by atoms with Gasteiger partial charge in [-0.05, 0) is 38.0 Å². The van der Waals surface area contributed by atoms with Gasteiger partial charge in [-0.15, -0.1) is 10.2 Å². The van der Waals surface area contributed by atoms with Crippen LogP contribution in [0.5, 0.6) is 0 Å². The normalized spacial score (nSPS) is 21.3. The lowest BCUT2D eigenvalue weighted by atomic mass is 9.87. The Morgan fingerprint density at radius 1 is 1.36 bits per heavy atom. The number of nitrogens with one attached hydrogen (secondary N) is 2. The van der Waals surface area contributed by atoms with Crippen LogP contribution >= 0.6 is 0 Å². The summed E-state index contributed by atoms with van der Waals surface area (Å²) in [4.78, 5) is 4.71. The summed E-state index contributed by atoms with van der Waals surface area (Å²) < 4.78 is 7.21. The molecule has 7 nitrogen and oxygen atoms in total. The molecule has 0 aromatic carbocycles. The van der Waals surface area contributed by atoms with Crippen LogP contribution in [0, 0.1) is 5.92 Å². The molecular formula is C18H34N6O. The van der Waals surface area contributed by atoms with Crippen molar-refractivity contribution < 1.29 is 4.74 Å². The van der Waals surface area contributed by atoms with E-state index in [9.17, 15) is 0 Å². The summed E-state index contributed by atoms with van der Waals surface area (Å²) in [5.74, 6) is 2.80. The topological polar surface area (TPSA) is 76.4 Å². The Morgan fingerprint density at radius 3 is 2.88 bits per heavy atom. The van der Waals surface area contributed by atoms with Gasteiger partial charge in [-0.3, -0.25) is 4.99 Å². The van der Waals surface area contributed by atoms with Gasteiger partial charge in [0.05, 0.1) is 0 Å². The van der Waals surface area contributed by atoms with Crippen molar-refractivity contribution in [2.24, 2.45) is 10.9 Å². The summed E-state index contributed by atoms with van der Waals surface area (Å²) >= 11 is 0. The number of aryl methyl sites for hydroxylation is 1. The van der Waals surface area contributed by atoms with Crippen LogP contribution in [0.3, 0.4) is 0 Å². The maximum atomic E-state index is 5.11. The summed E-state index contributed by atoms with van der Waals surface area (Å²) in [7, 11) is 1.73. The van der Waals surface area contributed by atoms with Crippen LogP contribution in [0.2, 0.25) is 0 Å². The van der Waals surface area contributed by atoms with Crippen molar-refractivity contribution in [1.29, 1.82) is 0 Å². The van der Waals surface area contributed by atoms with E-state index >= 15 is 0 Å². The van der Waals surface area contributed by atoms with Crippen LogP contribution in [0.4, 0.5) is 0 Å². The van der Waals surface area contributed by atoms with Crippen molar-refractivity contribution in [2.45, 2.75) is 65.0 Å². The predicted molar refractivity (Wildman–Crippen MR) is 101 cm³/mol. The second kappa shape index (κ2) is 11.1. The zero-order valence-corrected chi connectivity index (χ0v) is 16.0. The first-order valence-corrected chi connectivity index (χ1v) is 9.63. The van der Waals surface area contributed by atoms with Crippen LogP contribution in [0.15, 0.2) is 11.3 Å². The van der Waals surface area contributed by atoms with Gasteiger partial charge in [0.2, 0.25) is 0 Å². The van der Waals surface area contributed by atoms with Gasteiger partial charge in [0.15, 0.2) is 5.96 Å². The third-order valence-corrected chi connectivity index (χ3v) is 4.79. The summed E-state index contributed by atoms with van der Waals surface area (Å²) in [6, 6.07) is 0.533. The highest BCUT2D eigenvalue weighted by Gasteiger charge is 2.18. The number of aromatic nitrogens is 3. The van der Waals surface area contributed by atoms with E-state index in [-0.39, 0.29) is 0 Å². The Hall–Kier alpha value is -1.63. The lowest BCUT2D eigenvalue weighted by molar-refractivity contribution is 0.197. The summed E-state index contributed by atoms with van der Waals surface area (Å²) in [5, 5.41) is 15.2. The van der Waals surface area contributed by atoms with Gasteiger partial charge < -0.3 is 19.9 Å². The zero-order chi connectivity index (χ0) is 17.9. The van der Waals surface area contributed by atoms with E-state index in [0.717, 1.165) is 56.8 Å². The van der Waals surface area contributed by atoms with Crippen LogP contribution < -0.4 is 10.6 Å². The number of ether oxygens (including phenoxy) is 1. The molecule has 0 aliphatic heterocycles. The van der Waals surface area contributed by atoms with E-state index in [1.54, 1.807) is 13.4 Å². The molecule has 0 radical (unpaired) electrons. The van der Waals surface area contributed by atoms with Gasteiger partial charge in [0.1, 0.15) is 12.2 Å². The first-order chi connectivity index (χ1) is 12.2. The fraction of sp³-hybridized carbons (Fsp3) is 0.833. The Balaban J connectivity index is 1.82. The molecule has 1 heterocycles. The first-order valence-electron chi connectivity index (χ1n) is 9.63. The molecule has 7 heteroatoms. The minimum atomic E-state index is 0.533. The Labute approximate surface area is 151 Å². The second-order valence-electron chi connectivity index (χ2n) is 6.90. The molecule has 0 unspecified atom stereocenters. The first kappa shape index (κ1) is 19.7. The molecule has 2 rings (SSSR count). The molecule has 142 valence electrons. The molecule has 0 saturated heterocycles. The van der Waals surface area contributed by atoms with Crippen LogP contribution in [-0.2, 0) is 17.7 Å². The molecular weight excluding hydrogens is 316 g/mol. The third-order valence-electron chi connectivity index (χ3n) is 4.79. The van der Waals surface area contributed by atoms with Crippen molar-refractivity contribution in [3.8, 4) is 0 Å². The summed E-state index contributed by atoms with van der Waals surface area (Å²) in [5.41, 5.74) is 0. The minimum absolute atomic E-state index is 0.533. The van der Waals surface area contributed by atoms with Gasteiger partial charge in [0.25, 0.3) is 0 Å². The van der Waals surface area contributed by atoms with Crippen LogP contribution in [0.25, 0.3) is 0 Å². The van der Waals surface area contributed by atoms with Crippen LogP contribution in [-0.4, -0.2) is 53.6 Å². The van der Waals surface area contributed by atoms with Crippen molar-refractivity contribution >= 4 is 5.96 Å². The van der Waals surface area contributed by atoms with Gasteiger partial charge in [-0.1, -0.05) is 13.8 Å². The molecule has 0 atom stereocenters. The molecule has 1 aromatic heterocycles. The molecule has 2 N–H and O–H groups in total. The fourth-order valence-electron chi connectivity index (χ4n) is 3.18. The van der Waals surface area contributed by atoms with Gasteiger partial charge in [0, 0.05) is 45.8 Å². The quantitative estimate of drug-likeness (QED) is 0.405. The number of rotatable bonds is 9. The maximum Gasteiger partial charge on any atom is 0.191 e. The number of hydrogen-bond donors (Lipinski definition) is 2. The monoisotopic (exact) mass is 350 g/mol. The molecule has 1 aromatic rings. The molecule has 1 aliphatic rings. The van der Waals surface area contributed by atoms with Crippen molar-refractivity contribution in [3.63, 3.8) is 0 Å². The molecule has 25 heavy (non-hydrogen) atoms. The van der Waals surface area contributed by atoms with E-state index in [4.69, 9.17) is 9.73 Å². The molecule has 1 aliphatic carbocycles. The van der Waals surface area contributed by atoms with Gasteiger partial charge in [-0.25, -0.2) is 0 Å². The van der Waals surface area contributed by atoms with Crippen molar-refractivity contribution in [3.05, 3.63) is 12.2 Å². The summed E-state index contributed by atoms with van der Waals surface area (Å²) in [6.45, 7) is 7.62. The van der Waals surface area contributed by atoms with Crippen molar-refractivity contribution in [1.82, 2.24) is 25.4 Å². The second-order valence-corrected chi connectivity index (χ2v) is 6.90. The smallest absolute Gasteiger partial charge is 0.191 e. The lowest BCUT2D eigenvalue weighted by Gasteiger charge is -2.28. The average molecular weight is 351 g/mol. The van der Waals surface area contributed by atoms with E-state index in [1.165, 1.54) is 25.7 Å². The number of aliphatic imine (C=N–C) groups is 1. The molecule has 1 fully saturated rings. The Kier molecular flexibility index (Phi) is 8.72. The van der Waals surface area contributed by atoms with E-state index < -0.39 is 0 Å². The van der Waals surface area contributed by atoms with Crippen molar-refractivity contribution in [2.75, 3.05) is 26.8 Å². The molecule has 0 spiro atoms. The van der Waals surface area contributed by atoms with Gasteiger partial charge >= 0.3 is 0 Å². The van der Waals surface area contributed by atoms with E-state index in [0.29, 0.717) is 6.04 Å². The fourth-order valence-corrected chi connectivity index (χ4v) is 3.18. The highest BCUT2D eigenvalue weighted by atomic mass is 16.5. The Morgan fingerprint density at radius 2 is 2.16 bits per heavy atom. The maximum absolute atomic E-state index is 5.11. The predicted octanol–water partition coefficient (Wildman–Crippen LogP) is 1.99. The molecule has 1 saturated carbocycles. The van der Waals surface area contributed by atoms with E-state index in [2.05, 4.69) is 39.2 Å². The Bertz CT molecular complexity index is 507. The lowest BCUT2D eigenvalue weighted by Crippen LogP contribution is -2.45. The molecule has 0 bridgehead atoms. The number of methoxy groups -OCH3 is 1. The summed E-state index contributed by atoms with van der Waals surface area (Å²) in [6.07, 6.45) is 8.69. The standard InChI is InChI=1S/C18H34N6O/c1-4-17-23-21-14-24(17)12-11-20-18(19-10-5-13-25-3)22-16-8-6-15(2)7-9-16/h14-16H,4-13H2,1-3H3,(H2,19,20,22).